The largest absolute Gasteiger partial charge is 0.248 e. The average molecular weight is 337 g/mol. The number of hydrogen-bond acceptors (Lipinski definition) is 1. The standard InChI is InChI=1S/C14H28IN/c1-3-6-13(2)7-4-5-8-14-9-11-16(15)12-10-14/h13-14H,3-12H2,1-2H3. The average Bonchev–Trinajstić information content (AvgIpc) is 2.27. The lowest BCUT2D eigenvalue weighted by atomic mass is 9.91. The van der Waals surface area contributed by atoms with Gasteiger partial charge >= 0.3 is 0 Å². The van der Waals surface area contributed by atoms with Crippen molar-refractivity contribution in [2.45, 2.75) is 65.2 Å². The Bertz CT molecular complexity index is 164. The van der Waals surface area contributed by atoms with E-state index in [1.54, 1.807) is 0 Å². The third-order valence-corrected chi connectivity index (χ3v) is 4.87. The van der Waals surface area contributed by atoms with Gasteiger partial charge in [-0.25, -0.2) is 3.11 Å². The summed E-state index contributed by atoms with van der Waals surface area (Å²) in [6.45, 7) is 7.35. The van der Waals surface area contributed by atoms with Gasteiger partial charge in [-0.05, 0) is 24.7 Å². The molecule has 0 saturated carbocycles. The van der Waals surface area contributed by atoms with Gasteiger partial charge in [-0.1, -0.05) is 52.4 Å². The molecule has 1 rings (SSSR count). The van der Waals surface area contributed by atoms with Crippen molar-refractivity contribution in [1.82, 2.24) is 3.11 Å². The Hall–Kier alpha value is 0.690. The van der Waals surface area contributed by atoms with Crippen molar-refractivity contribution in [3.05, 3.63) is 0 Å². The van der Waals surface area contributed by atoms with Gasteiger partial charge in [0.2, 0.25) is 0 Å². The van der Waals surface area contributed by atoms with E-state index in [2.05, 4.69) is 39.8 Å². The number of halogens is 1. The summed E-state index contributed by atoms with van der Waals surface area (Å²) >= 11 is 2.46. The second-order valence-corrected chi connectivity index (χ2v) is 6.90. The Labute approximate surface area is 116 Å². The molecule has 0 aromatic carbocycles. The summed E-state index contributed by atoms with van der Waals surface area (Å²) in [5.74, 6) is 1.99. The number of nitrogens with zero attached hydrogens (tertiary/aromatic N) is 1. The van der Waals surface area contributed by atoms with Gasteiger partial charge in [0.1, 0.15) is 0 Å². The fraction of sp³-hybridized carbons (Fsp3) is 1.00. The van der Waals surface area contributed by atoms with E-state index >= 15 is 0 Å². The van der Waals surface area contributed by atoms with E-state index < -0.39 is 0 Å². The molecule has 1 nitrogen and oxygen atoms in total. The zero-order valence-corrected chi connectivity index (χ0v) is 13.2. The van der Waals surface area contributed by atoms with Crippen LogP contribution in [0.15, 0.2) is 0 Å². The normalized spacial score (nSPS) is 21.2. The molecule has 1 saturated heterocycles. The third-order valence-electron chi connectivity index (χ3n) is 3.90. The number of hydrogen-bond donors (Lipinski definition) is 0. The number of rotatable bonds is 7. The highest BCUT2D eigenvalue weighted by atomic mass is 127. The van der Waals surface area contributed by atoms with Crippen molar-refractivity contribution in [3.8, 4) is 0 Å². The van der Waals surface area contributed by atoms with Gasteiger partial charge in [0.05, 0.1) is 0 Å². The molecule has 16 heavy (non-hydrogen) atoms. The van der Waals surface area contributed by atoms with E-state index in [0.29, 0.717) is 0 Å². The van der Waals surface area contributed by atoms with Crippen LogP contribution < -0.4 is 0 Å². The van der Waals surface area contributed by atoms with Crippen LogP contribution in [-0.2, 0) is 0 Å². The van der Waals surface area contributed by atoms with E-state index in [1.807, 2.05) is 0 Å². The molecule has 1 atom stereocenters. The number of piperidine rings is 1. The van der Waals surface area contributed by atoms with Gasteiger partial charge in [0.25, 0.3) is 0 Å². The van der Waals surface area contributed by atoms with E-state index in [0.717, 1.165) is 11.8 Å². The maximum Gasteiger partial charge on any atom is 0.0201 e. The first-order valence-electron chi connectivity index (χ1n) is 7.13. The van der Waals surface area contributed by atoms with Crippen LogP contribution in [0.1, 0.15) is 65.2 Å². The minimum atomic E-state index is 0.959. The molecule has 1 aliphatic heterocycles. The first kappa shape index (κ1) is 14.7. The van der Waals surface area contributed by atoms with Gasteiger partial charge in [-0.3, -0.25) is 0 Å². The van der Waals surface area contributed by atoms with Gasteiger partial charge in [0, 0.05) is 36.0 Å². The van der Waals surface area contributed by atoms with Gasteiger partial charge in [-0.15, -0.1) is 0 Å². The summed E-state index contributed by atoms with van der Waals surface area (Å²) in [6.07, 6.45) is 11.5. The van der Waals surface area contributed by atoms with Crippen LogP contribution >= 0.6 is 22.9 Å². The van der Waals surface area contributed by atoms with Crippen molar-refractivity contribution in [3.63, 3.8) is 0 Å². The molecular formula is C14H28IN. The van der Waals surface area contributed by atoms with Crippen molar-refractivity contribution >= 4 is 22.9 Å². The van der Waals surface area contributed by atoms with Crippen LogP contribution in [0.4, 0.5) is 0 Å². The molecule has 0 spiro atoms. The van der Waals surface area contributed by atoms with Crippen molar-refractivity contribution in [2.24, 2.45) is 11.8 Å². The predicted molar refractivity (Wildman–Crippen MR) is 80.9 cm³/mol. The van der Waals surface area contributed by atoms with Gasteiger partial charge in [0.15, 0.2) is 0 Å². The minimum Gasteiger partial charge on any atom is -0.248 e. The molecule has 1 heterocycles. The topological polar surface area (TPSA) is 3.24 Å². The molecule has 0 radical (unpaired) electrons. The Balaban J connectivity index is 1.95. The molecule has 1 fully saturated rings. The number of unbranched alkanes of at least 4 members (excludes halogenated alkanes) is 1. The lowest BCUT2D eigenvalue weighted by Crippen LogP contribution is -2.25. The van der Waals surface area contributed by atoms with Crippen molar-refractivity contribution < 1.29 is 0 Å². The molecule has 0 bridgehead atoms. The molecule has 0 aliphatic carbocycles. The zero-order chi connectivity index (χ0) is 11.8. The second-order valence-electron chi connectivity index (χ2n) is 5.53. The summed E-state index contributed by atoms with van der Waals surface area (Å²) in [5, 5.41) is 0. The molecule has 96 valence electrons. The van der Waals surface area contributed by atoms with E-state index in [9.17, 15) is 0 Å². The fourth-order valence-corrected chi connectivity index (χ4v) is 3.31. The monoisotopic (exact) mass is 337 g/mol. The Morgan fingerprint density at radius 1 is 1.19 bits per heavy atom. The maximum absolute atomic E-state index is 2.46. The van der Waals surface area contributed by atoms with Crippen LogP contribution in [0, 0.1) is 11.8 Å². The van der Waals surface area contributed by atoms with Crippen LogP contribution in [0.3, 0.4) is 0 Å². The molecule has 0 aromatic heterocycles. The van der Waals surface area contributed by atoms with Crippen LogP contribution in [0.2, 0.25) is 0 Å². The SMILES string of the molecule is CCCC(C)CCCCC1CCN(I)CC1. The summed E-state index contributed by atoms with van der Waals surface area (Å²) in [6, 6.07) is 0. The highest BCUT2D eigenvalue weighted by Crippen LogP contribution is 2.25. The Kier molecular flexibility index (Phi) is 8.05. The first-order chi connectivity index (χ1) is 7.72. The third kappa shape index (κ3) is 6.43. The van der Waals surface area contributed by atoms with Crippen molar-refractivity contribution in [2.75, 3.05) is 13.1 Å². The van der Waals surface area contributed by atoms with Crippen molar-refractivity contribution in [1.29, 1.82) is 0 Å². The lowest BCUT2D eigenvalue weighted by molar-refractivity contribution is 0.286. The van der Waals surface area contributed by atoms with Crippen LogP contribution in [0.25, 0.3) is 0 Å². The lowest BCUT2D eigenvalue weighted by Gasteiger charge is -2.27. The molecule has 1 unspecified atom stereocenters. The predicted octanol–water partition coefficient (Wildman–Crippen LogP) is 5.05. The zero-order valence-electron chi connectivity index (χ0n) is 11.1. The summed E-state index contributed by atoms with van der Waals surface area (Å²) < 4.78 is 2.44. The Morgan fingerprint density at radius 3 is 2.50 bits per heavy atom. The fourth-order valence-electron chi connectivity index (χ4n) is 2.75. The van der Waals surface area contributed by atoms with Crippen LogP contribution in [-0.4, -0.2) is 16.2 Å². The molecule has 0 aromatic rings. The quantitative estimate of drug-likeness (QED) is 0.357. The molecule has 1 aliphatic rings. The Morgan fingerprint density at radius 2 is 1.88 bits per heavy atom. The maximum atomic E-state index is 2.46. The smallest absolute Gasteiger partial charge is 0.0201 e. The van der Waals surface area contributed by atoms with E-state index in [1.165, 1.54) is 64.5 Å². The molecule has 2 heteroatoms. The summed E-state index contributed by atoms with van der Waals surface area (Å²) in [7, 11) is 0. The van der Waals surface area contributed by atoms with E-state index in [-0.39, 0.29) is 0 Å². The summed E-state index contributed by atoms with van der Waals surface area (Å²) in [5.41, 5.74) is 0. The van der Waals surface area contributed by atoms with Crippen LogP contribution in [0.5, 0.6) is 0 Å². The second kappa shape index (κ2) is 8.73. The van der Waals surface area contributed by atoms with Gasteiger partial charge in [-0.2, -0.15) is 0 Å². The molecule has 0 N–H and O–H groups in total. The minimum absolute atomic E-state index is 0.959. The highest BCUT2D eigenvalue weighted by molar-refractivity contribution is 14.1. The highest BCUT2D eigenvalue weighted by Gasteiger charge is 2.16. The van der Waals surface area contributed by atoms with E-state index in [4.69, 9.17) is 0 Å². The molecular weight excluding hydrogens is 309 g/mol. The first-order valence-corrected chi connectivity index (χ1v) is 8.09. The van der Waals surface area contributed by atoms with Gasteiger partial charge < -0.3 is 0 Å². The molecule has 0 amide bonds. The summed E-state index contributed by atoms with van der Waals surface area (Å²) in [4.78, 5) is 0.